The fourth-order valence-electron chi connectivity index (χ4n) is 3.10. The Labute approximate surface area is 157 Å². The second-order valence-electron chi connectivity index (χ2n) is 7.28. The molecule has 0 heterocycles. The summed E-state index contributed by atoms with van der Waals surface area (Å²) in [6.45, 7) is 6.99. The molecule has 0 aliphatic carbocycles. The smallest absolute Gasteiger partial charge is 0.244 e. The number of rotatable bonds is 17. The van der Waals surface area contributed by atoms with Crippen LogP contribution in [-0.4, -0.2) is 12.5 Å². The molecule has 0 bridgehead atoms. The fourth-order valence-corrected chi connectivity index (χ4v) is 3.10. The lowest BCUT2D eigenvalue weighted by molar-refractivity contribution is -0.116. The van der Waals surface area contributed by atoms with Gasteiger partial charge in [0.25, 0.3) is 0 Å². The highest BCUT2D eigenvalue weighted by Gasteiger charge is 1.97. The largest absolute Gasteiger partial charge is 0.353 e. The molecule has 0 rings (SSSR count). The minimum atomic E-state index is 0.0327. The van der Waals surface area contributed by atoms with Crippen LogP contribution in [0.25, 0.3) is 0 Å². The molecular formula is C23H43NO. The summed E-state index contributed by atoms with van der Waals surface area (Å²) in [4.78, 5) is 11.6. The molecule has 2 heteroatoms. The zero-order chi connectivity index (χ0) is 18.6. The maximum absolute atomic E-state index is 11.6. The summed E-state index contributed by atoms with van der Waals surface area (Å²) in [5, 5.41) is 2.97. The quantitative estimate of drug-likeness (QED) is 0.169. The SMILES string of the molecule is C/C=C/C(C)=C/C(=O)NCCCCCCCCCCCCCCCC. The van der Waals surface area contributed by atoms with E-state index in [9.17, 15) is 4.79 Å². The summed E-state index contributed by atoms with van der Waals surface area (Å²) in [6, 6.07) is 0. The standard InChI is InChI=1S/C23H43NO/c1-4-6-7-8-9-10-11-12-13-14-15-16-17-18-20-24-23(25)21-22(3)19-5-2/h5,19,21H,4,6-18,20H2,1-3H3,(H,24,25)/b19-5+,22-21+. The Balaban J connectivity index is 3.24. The normalized spacial score (nSPS) is 12.0. The minimum Gasteiger partial charge on any atom is -0.353 e. The number of amides is 1. The molecule has 0 saturated heterocycles. The highest BCUT2D eigenvalue weighted by Crippen LogP contribution is 2.12. The van der Waals surface area contributed by atoms with Crippen molar-refractivity contribution in [2.75, 3.05) is 6.54 Å². The van der Waals surface area contributed by atoms with E-state index in [4.69, 9.17) is 0 Å². The molecule has 2 nitrogen and oxygen atoms in total. The molecule has 0 saturated carbocycles. The predicted molar refractivity (Wildman–Crippen MR) is 112 cm³/mol. The molecule has 0 aliphatic rings. The van der Waals surface area contributed by atoms with Crippen molar-refractivity contribution in [2.45, 2.75) is 111 Å². The molecule has 0 radical (unpaired) electrons. The molecule has 1 N–H and O–H groups in total. The van der Waals surface area contributed by atoms with Crippen LogP contribution >= 0.6 is 0 Å². The number of unbranched alkanes of at least 4 members (excludes halogenated alkanes) is 13. The van der Waals surface area contributed by atoms with Gasteiger partial charge >= 0.3 is 0 Å². The van der Waals surface area contributed by atoms with Gasteiger partial charge in [-0.1, -0.05) is 103 Å². The summed E-state index contributed by atoms with van der Waals surface area (Å²) in [7, 11) is 0. The van der Waals surface area contributed by atoms with Crippen LogP contribution in [0.2, 0.25) is 0 Å². The van der Waals surface area contributed by atoms with Gasteiger partial charge < -0.3 is 5.32 Å². The van der Waals surface area contributed by atoms with Crippen LogP contribution in [-0.2, 0) is 4.79 Å². The van der Waals surface area contributed by atoms with Crippen molar-refractivity contribution in [2.24, 2.45) is 0 Å². The first-order valence-electron chi connectivity index (χ1n) is 10.8. The summed E-state index contributed by atoms with van der Waals surface area (Å²) in [5.41, 5.74) is 1.00. The minimum absolute atomic E-state index is 0.0327. The molecule has 0 spiro atoms. The predicted octanol–water partition coefficient (Wildman–Crippen LogP) is 7.11. The van der Waals surface area contributed by atoms with Crippen molar-refractivity contribution in [1.29, 1.82) is 0 Å². The fraction of sp³-hybridized carbons (Fsp3) is 0.783. The Morgan fingerprint density at radius 3 is 1.64 bits per heavy atom. The molecule has 146 valence electrons. The first-order chi connectivity index (χ1) is 12.2. The molecule has 0 aliphatic heterocycles. The van der Waals surface area contributed by atoms with Crippen LogP contribution in [0.1, 0.15) is 111 Å². The van der Waals surface area contributed by atoms with Crippen LogP contribution in [0.15, 0.2) is 23.8 Å². The van der Waals surface area contributed by atoms with E-state index < -0.39 is 0 Å². The molecular weight excluding hydrogens is 306 g/mol. The molecule has 0 aromatic heterocycles. The molecule has 1 amide bonds. The monoisotopic (exact) mass is 349 g/mol. The molecule has 0 aromatic carbocycles. The highest BCUT2D eigenvalue weighted by atomic mass is 16.1. The van der Waals surface area contributed by atoms with Crippen LogP contribution < -0.4 is 5.32 Å². The second-order valence-corrected chi connectivity index (χ2v) is 7.28. The number of hydrogen-bond donors (Lipinski definition) is 1. The van der Waals surface area contributed by atoms with Crippen molar-refractivity contribution in [1.82, 2.24) is 5.32 Å². The lowest BCUT2D eigenvalue weighted by Crippen LogP contribution is -2.22. The van der Waals surface area contributed by atoms with Gasteiger partial charge in [0.2, 0.25) is 5.91 Å². The Morgan fingerprint density at radius 2 is 1.20 bits per heavy atom. The number of nitrogens with one attached hydrogen (secondary N) is 1. The van der Waals surface area contributed by atoms with Crippen molar-refractivity contribution < 1.29 is 4.79 Å². The maximum Gasteiger partial charge on any atom is 0.244 e. The Kier molecular flexibility index (Phi) is 18.5. The Morgan fingerprint density at radius 1 is 0.760 bits per heavy atom. The highest BCUT2D eigenvalue weighted by molar-refractivity contribution is 5.88. The zero-order valence-corrected chi connectivity index (χ0v) is 17.2. The van der Waals surface area contributed by atoms with Gasteiger partial charge in [0.15, 0.2) is 0 Å². The van der Waals surface area contributed by atoms with Gasteiger partial charge in [-0.05, 0) is 25.8 Å². The van der Waals surface area contributed by atoms with Gasteiger partial charge in [-0.15, -0.1) is 0 Å². The average molecular weight is 350 g/mol. The van der Waals surface area contributed by atoms with Gasteiger partial charge in [0.05, 0.1) is 0 Å². The van der Waals surface area contributed by atoms with E-state index in [1.165, 1.54) is 83.5 Å². The summed E-state index contributed by atoms with van der Waals surface area (Å²) in [5.74, 6) is 0.0327. The third-order valence-corrected chi connectivity index (χ3v) is 4.62. The van der Waals surface area contributed by atoms with Crippen LogP contribution in [0.4, 0.5) is 0 Å². The first-order valence-corrected chi connectivity index (χ1v) is 10.8. The first kappa shape index (κ1) is 23.9. The topological polar surface area (TPSA) is 29.1 Å². The molecule has 0 fully saturated rings. The lowest BCUT2D eigenvalue weighted by Gasteiger charge is -2.04. The summed E-state index contributed by atoms with van der Waals surface area (Å²) in [6.07, 6.45) is 24.7. The van der Waals surface area contributed by atoms with Gasteiger partial charge in [-0.25, -0.2) is 0 Å². The maximum atomic E-state index is 11.6. The lowest BCUT2D eigenvalue weighted by atomic mass is 10.0. The van der Waals surface area contributed by atoms with Crippen LogP contribution in [0.3, 0.4) is 0 Å². The molecule has 0 aromatic rings. The van der Waals surface area contributed by atoms with Crippen molar-refractivity contribution in [3.05, 3.63) is 23.8 Å². The molecule has 0 unspecified atom stereocenters. The van der Waals surface area contributed by atoms with Gasteiger partial charge in [-0.3, -0.25) is 4.79 Å². The van der Waals surface area contributed by atoms with E-state index in [2.05, 4.69) is 12.2 Å². The summed E-state index contributed by atoms with van der Waals surface area (Å²) >= 11 is 0. The van der Waals surface area contributed by atoms with E-state index >= 15 is 0 Å². The van der Waals surface area contributed by atoms with Crippen LogP contribution in [0, 0.1) is 0 Å². The number of allylic oxidation sites excluding steroid dienone is 3. The van der Waals surface area contributed by atoms with Gasteiger partial charge in [0, 0.05) is 12.6 Å². The van der Waals surface area contributed by atoms with E-state index in [0.717, 1.165) is 18.5 Å². The molecule has 25 heavy (non-hydrogen) atoms. The van der Waals surface area contributed by atoms with Crippen molar-refractivity contribution >= 4 is 5.91 Å². The average Bonchev–Trinajstić information content (AvgIpc) is 2.58. The van der Waals surface area contributed by atoms with E-state index in [1.807, 2.05) is 26.0 Å². The number of carbonyl (C=O) groups excluding carboxylic acids is 1. The van der Waals surface area contributed by atoms with Crippen LogP contribution in [0.5, 0.6) is 0 Å². The Hall–Kier alpha value is -1.05. The van der Waals surface area contributed by atoms with E-state index in [0.29, 0.717) is 0 Å². The van der Waals surface area contributed by atoms with Gasteiger partial charge in [-0.2, -0.15) is 0 Å². The number of carbonyl (C=O) groups is 1. The molecule has 0 atom stereocenters. The zero-order valence-electron chi connectivity index (χ0n) is 17.2. The second kappa shape index (κ2) is 19.3. The van der Waals surface area contributed by atoms with Crippen molar-refractivity contribution in [3.8, 4) is 0 Å². The van der Waals surface area contributed by atoms with Crippen molar-refractivity contribution in [3.63, 3.8) is 0 Å². The third kappa shape index (κ3) is 19.1. The third-order valence-electron chi connectivity index (χ3n) is 4.62. The summed E-state index contributed by atoms with van der Waals surface area (Å²) < 4.78 is 0. The Bertz CT molecular complexity index is 357. The van der Waals surface area contributed by atoms with Gasteiger partial charge in [0.1, 0.15) is 0 Å². The number of hydrogen-bond acceptors (Lipinski definition) is 1. The van der Waals surface area contributed by atoms with E-state index in [1.54, 1.807) is 6.08 Å². The van der Waals surface area contributed by atoms with E-state index in [-0.39, 0.29) is 5.91 Å².